The lowest BCUT2D eigenvalue weighted by atomic mass is 9.46. The van der Waals surface area contributed by atoms with Gasteiger partial charge in [-0.15, -0.1) is 0 Å². The van der Waals surface area contributed by atoms with Crippen LogP contribution in [-0.4, -0.2) is 22.4 Å². The minimum Gasteiger partial charge on any atom is -0.393 e. The van der Waals surface area contributed by atoms with Crippen LogP contribution in [0.3, 0.4) is 0 Å². The smallest absolute Gasteiger partial charge is 0.0757 e. The van der Waals surface area contributed by atoms with Gasteiger partial charge in [0.1, 0.15) is 0 Å². The molecule has 31 heavy (non-hydrogen) atoms. The molecule has 4 saturated carbocycles. The Morgan fingerprint density at radius 1 is 0.968 bits per heavy atom. The Morgan fingerprint density at radius 3 is 2.39 bits per heavy atom. The Labute approximate surface area is 191 Å². The molecule has 0 bridgehead atoms. The first kappa shape index (κ1) is 22.5. The fourth-order valence-electron chi connectivity index (χ4n) is 9.69. The zero-order valence-electron chi connectivity index (χ0n) is 20.8. The molecule has 0 amide bonds. The van der Waals surface area contributed by atoms with Crippen molar-refractivity contribution >= 4 is 0 Å². The quantitative estimate of drug-likeness (QED) is 0.484. The van der Waals surface area contributed by atoms with Gasteiger partial charge in [0.25, 0.3) is 0 Å². The molecule has 0 saturated heterocycles. The first-order chi connectivity index (χ1) is 14.6. The van der Waals surface area contributed by atoms with Gasteiger partial charge in [-0.1, -0.05) is 59.1 Å². The molecule has 0 heterocycles. The molecule has 0 aromatic rings. The van der Waals surface area contributed by atoms with Gasteiger partial charge in [-0.25, -0.2) is 0 Å². The van der Waals surface area contributed by atoms with Gasteiger partial charge in [0, 0.05) is 0 Å². The van der Waals surface area contributed by atoms with Crippen LogP contribution < -0.4 is 0 Å². The van der Waals surface area contributed by atoms with E-state index >= 15 is 0 Å². The van der Waals surface area contributed by atoms with Crippen LogP contribution in [0, 0.1) is 58.2 Å². The van der Waals surface area contributed by atoms with Gasteiger partial charge in [-0.3, -0.25) is 0 Å². The van der Waals surface area contributed by atoms with Gasteiger partial charge in [0.15, 0.2) is 0 Å². The van der Waals surface area contributed by atoms with Crippen molar-refractivity contribution in [2.75, 3.05) is 0 Å². The Bertz CT molecular complexity index is 714. The van der Waals surface area contributed by atoms with Gasteiger partial charge in [-0.2, -0.15) is 0 Å². The Hall–Kier alpha value is -0.340. The third-order valence-electron chi connectivity index (χ3n) is 11.8. The van der Waals surface area contributed by atoms with E-state index in [0.717, 1.165) is 48.9 Å². The van der Waals surface area contributed by atoms with Crippen molar-refractivity contribution in [1.82, 2.24) is 0 Å². The molecule has 0 aromatic heterocycles. The minimum atomic E-state index is -0.298. The maximum atomic E-state index is 11.3. The highest BCUT2D eigenvalue weighted by molar-refractivity contribution is 5.27. The van der Waals surface area contributed by atoms with Crippen LogP contribution in [0.15, 0.2) is 11.6 Å². The standard InChI is InChI=1S/C29H48O2/c1-17(22-14-19(22)3)6-7-18(2)23-8-9-24-27-25(11-13-29(23,24)5)28(4)12-10-21(30)15-20(28)16-26(27)31/h16-19,21-27,30-31H,6-15H2,1-5H3. The molecule has 5 aliphatic carbocycles. The SMILES string of the molecule is CC(CCC(C)C1CCC2C3C(O)C=C4CC(O)CCC4(C)C3CCC12C)C1CC1C. The highest BCUT2D eigenvalue weighted by Gasteiger charge is 2.61. The fraction of sp³-hybridized carbons (Fsp3) is 0.931. The molecule has 0 spiro atoms. The lowest BCUT2D eigenvalue weighted by molar-refractivity contribution is -0.0971. The number of hydrogen-bond donors (Lipinski definition) is 2. The first-order valence-corrected chi connectivity index (χ1v) is 13.7. The van der Waals surface area contributed by atoms with Crippen LogP contribution in [0.4, 0.5) is 0 Å². The molecular weight excluding hydrogens is 380 g/mol. The molecule has 2 N–H and O–H groups in total. The van der Waals surface area contributed by atoms with E-state index in [1.165, 1.54) is 50.5 Å². The average Bonchev–Trinajstić information content (AvgIpc) is 3.35. The predicted octanol–water partition coefficient (Wildman–Crippen LogP) is 6.61. The van der Waals surface area contributed by atoms with Gasteiger partial charge in [-0.05, 0) is 110 Å². The third kappa shape index (κ3) is 3.58. The molecule has 4 fully saturated rings. The van der Waals surface area contributed by atoms with Gasteiger partial charge in [0.2, 0.25) is 0 Å². The van der Waals surface area contributed by atoms with Crippen molar-refractivity contribution in [2.24, 2.45) is 58.2 Å². The van der Waals surface area contributed by atoms with Gasteiger partial charge < -0.3 is 10.2 Å². The second-order valence-electron chi connectivity index (χ2n) is 13.4. The predicted molar refractivity (Wildman–Crippen MR) is 127 cm³/mol. The Kier molecular flexibility index (Phi) is 5.70. The summed E-state index contributed by atoms with van der Waals surface area (Å²) < 4.78 is 0. The molecule has 2 heteroatoms. The van der Waals surface area contributed by atoms with Crippen molar-refractivity contribution in [3.8, 4) is 0 Å². The van der Waals surface area contributed by atoms with E-state index in [0.29, 0.717) is 23.2 Å². The van der Waals surface area contributed by atoms with Crippen LogP contribution in [0.25, 0.3) is 0 Å². The fourth-order valence-corrected chi connectivity index (χ4v) is 9.69. The molecule has 0 aliphatic heterocycles. The summed E-state index contributed by atoms with van der Waals surface area (Å²) in [6, 6.07) is 0. The van der Waals surface area contributed by atoms with E-state index in [1.807, 2.05) is 0 Å². The van der Waals surface area contributed by atoms with Crippen LogP contribution in [-0.2, 0) is 0 Å². The maximum absolute atomic E-state index is 11.3. The summed E-state index contributed by atoms with van der Waals surface area (Å²) in [5.41, 5.74) is 1.99. The topological polar surface area (TPSA) is 40.5 Å². The van der Waals surface area contributed by atoms with E-state index in [4.69, 9.17) is 0 Å². The van der Waals surface area contributed by atoms with E-state index in [1.54, 1.807) is 0 Å². The Morgan fingerprint density at radius 2 is 1.68 bits per heavy atom. The molecule has 12 atom stereocenters. The molecule has 176 valence electrons. The number of hydrogen-bond acceptors (Lipinski definition) is 2. The zero-order valence-corrected chi connectivity index (χ0v) is 20.8. The average molecular weight is 429 g/mol. The number of aliphatic hydroxyl groups is 2. The summed E-state index contributed by atoms with van der Waals surface area (Å²) in [6.45, 7) is 12.5. The van der Waals surface area contributed by atoms with Crippen LogP contribution in [0.1, 0.15) is 98.8 Å². The number of fused-ring (bicyclic) bond motifs is 5. The van der Waals surface area contributed by atoms with Crippen molar-refractivity contribution in [2.45, 2.75) is 111 Å². The summed E-state index contributed by atoms with van der Waals surface area (Å²) in [5.74, 6) is 6.25. The summed E-state index contributed by atoms with van der Waals surface area (Å²) in [4.78, 5) is 0. The highest BCUT2D eigenvalue weighted by Crippen LogP contribution is 2.67. The Balaban J connectivity index is 1.31. The van der Waals surface area contributed by atoms with E-state index in [-0.39, 0.29) is 17.6 Å². The number of aliphatic hydroxyl groups excluding tert-OH is 2. The van der Waals surface area contributed by atoms with Crippen LogP contribution >= 0.6 is 0 Å². The number of rotatable bonds is 5. The lowest BCUT2D eigenvalue weighted by Crippen LogP contribution is -2.54. The molecular formula is C29H48O2. The van der Waals surface area contributed by atoms with Gasteiger partial charge >= 0.3 is 0 Å². The highest BCUT2D eigenvalue weighted by atomic mass is 16.3. The van der Waals surface area contributed by atoms with E-state index in [9.17, 15) is 10.2 Å². The van der Waals surface area contributed by atoms with E-state index < -0.39 is 0 Å². The van der Waals surface area contributed by atoms with Crippen molar-refractivity contribution < 1.29 is 10.2 Å². The largest absolute Gasteiger partial charge is 0.393 e. The molecule has 5 aliphatic rings. The second kappa shape index (κ2) is 7.86. The van der Waals surface area contributed by atoms with Crippen molar-refractivity contribution in [3.63, 3.8) is 0 Å². The summed E-state index contributed by atoms with van der Waals surface area (Å²) in [5, 5.41) is 21.6. The molecule has 0 aromatic carbocycles. The third-order valence-corrected chi connectivity index (χ3v) is 11.8. The molecule has 5 rings (SSSR count). The maximum Gasteiger partial charge on any atom is 0.0757 e. The zero-order chi connectivity index (χ0) is 22.1. The molecule has 2 nitrogen and oxygen atoms in total. The van der Waals surface area contributed by atoms with Gasteiger partial charge in [0.05, 0.1) is 12.2 Å². The monoisotopic (exact) mass is 428 g/mol. The lowest BCUT2D eigenvalue weighted by Gasteiger charge is -2.59. The second-order valence-corrected chi connectivity index (χ2v) is 13.4. The minimum absolute atomic E-state index is 0.199. The normalized spacial score (nSPS) is 53.1. The van der Waals surface area contributed by atoms with Crippen LogP contribution in [0.2, 0.25) is 0 Å². The first-order valence-electron chi connectivity index (χ1n) is 13.7. The summed E-state index contributed by atoms with van der Waals surface area (Å²) in [7, 11) is 0. The molecule has 0 radical (unpaired) electrons. The van der Waals surface area contributed by atoms with Crippen molar-refractivity contribution in [3.05, 3.63) is 11.6 Å². The summed E-state index contributed by atoms with van der Waals surface area (Å²) >= 11 is 0. The summed E-state index contributed by atoms with van der Waals surface area (Å²) in [6.07, 6.45) is 14.1. The molecule has 12 unspecified atom stereocenters. The van der Waals surface area contributed by atoms with Crippen LogP contribution in [0.5, 0.6) is 0 Å². The van der Waals surface area contributed by atoms with Crippen molar-refractivity contribution in [1.29, 1.82) is 0 Å². The van der Waals surface area contributed by atoms with E-state index in [2.05, 4.69) is 40.7 Å².